The smallest absolute Gasteiger partial charge is 0.316 e. The van der Waals surface area contributed by atoms with Crippen LogP contribution in [0, 0.1) is 13.8 Å². The Morgan fingerprint density at radius 3 is 2.81 bits per heavy atom. The first-order chi connectivity index (χ1) is 12.9. The van der Waals surface area contributed by atoms with Gasteiger partial charge in [-0.15, -0.1) is 11.8 Å². The topological polar surface area (TPSA) is 81.7 Å². The Hall–Kier alpha value is -2.80. The van der Waals surface area contributed by atoms with Crippen molar-refractivity contribution in [2.45, 2.75) is 18.7 Å². The van der Waals surface area contributed by atoms with Gasteiger partial charge in [0.15, 0.2) is 19.0 Å². The number of nitrogens with one attached hydrogen (secondary N) is 1. The van der Waals surface area contributed by atoms with Crippen molar-refractivity contribution in [3.05, 3.63) is 53.1 Å². The van der Waals surface area contributed by atoms with Crippen molar-refractivity contribution in [2.24, 2.45) is 0 Å². The zero-order valence-electron chi connectivity index (χ0n) is 15.0. The van der Waals surface area contributed by atoms with Crippen molar-refractivity contribution in [1.29, 1.82) is 0 Å². The molecule has 0 unspecified atom stereocenters. The number of rotatable bonds is 6. The maximum Gasteiger partial charge on any atom is 0.316 e. The highest BCUT2D eigenvalue weighted by atomic mass is 32.2. The first-order valence-corrected chi connectivity index (χ1v) is 9.36. The van der Waals surface area contributed by atoms with Crippen molar-refractivity contribution >= 4 is 35.1 Å². The van der Waals surface area contributed by atoms with Gasteiger partial charge in [0.05, 0.1) is 11.4 Å². The predicted octanol–water partition coefficient (Wildman–Crippen LogP) is 3.15. The molecule has 3 rings (SSSR count). The molecule has 0 saturated carbocycles. The number of Topliss-reactive ketones (excluding diaryl/α,β-unsaturated/α-hetero) is 1. The van der Waals surface area contributed by atoms with E-state index in [0.717, 1.165) is 16.0 Å². The number of amides is 1. The fourth-order valence-electron chi connectivity index (χ4n) is 2.53. The summed E-state index contributed by atoms with van der Waals surface area (Å²) in [6.45, 7) is 3.58. The maximum atomic E-state index is 12.3. The molecular formula is C20H19NO5S. The molecule has 0 saturated heterocycles. The molecule has 27 heavy (non-hydrogen) atoms. The van der Waals surface area contributed by atoms with E-state index in [2.05, 4.69) is 5.32 Å². The van der Waals surface area contributed by atoms with Crippen molar-refractivity contribution in [2.75, 3.05) is 24.3 Å². The molecule has 0 atom stereocenters. The Morgan fingerprint density at radius 2 is 2.00 bits per heavy atom. The van der Waals surface area contributed by atoms with Gasteiger partial charge in [0.25, 0.3) is 5.91 Å². The molecule has 1 aliphatic rings. The Kier molecular flexibility index (Phi) is 5.81. The monoisotopic (exact) mass is 385 g/mol. The number of aryl methyl sites for hydroxylation is 2. The quantitative estimate of drug-likeness (QED) is 0.467. The molecular weight excluding hydrogens is 366 g/mol. The van der Waals surface area contributed by atoms with Crippen LogP contribution < -0.4 is 10.1 Å². The van der Waals surface area contributed by atoms with Crippen LogP contribution in [-0.2, 0) is 14.3 Å². The van der Waals surface area contributed by atoms with E-state index in [1.54, 1.807) is 12.1 Å². The average molecular weight is 385 g/mol. The largest absolute Gasteiger partial charge is 0.482 e. The molecule has 1 heterocycles. The lowest BCUT2D eigenvalue weighted by Gasteiger charge is -2.18. The second-order valence-corrected chi connectivity index (χ2v) is 7.21. The molecule has 1 amide bonds. The molecule has 1 N–H and O–H groups in total. The van der Waals surface area contributed by atoms with Gasteiger partial charge >= 0.3 is 5.97 Å². The number of hydrogen-bond donors (Lipinski definition) is 1. The van der Waals surface area contributed by atoms with E-state index in [0.29, 0.717) is 17.0 Å². The first-order valence-electron chi connectivity index (χ1n) is 8.38. The number of thioether (sulfide) groups is 1. The van der Waals surface area contributed by atoms with Crippen LogP contribution in [0.2, 0.25) is 0 Å². The SMILES string of the molecule is Cc1ccc(C)c(SCC(=O)OCC(=O)c2ccc3c(c2)NC(=O)CO3)c1. The molecule has 0 fully saturated rings. The Balaban J connectivity index is 1.53. The number of esters is 1. The molecule has 7 heteroatoms. The highest BCUT2D eigenvalue weighted by molar-refractivity contribution is 8.00. The summed E-state index contributed by atoms with van der Waals surface area (Å²) in [6, 6.07) is 10.8. The highest BCUT2D eigenvalue weighted by Crippen LogP contribution is 2.28. The summed E-state index contributed by atoms with van der Waals surface area (Å²) in [5, 5.41) is 2.64. The molecule has 2 aromatic rings. The van der Waals surface area contributed by atoms with Crippen LogP contribution >= 0.6 is 11.8 Å². The van der Waals surface area contributed by atoms with E-state index in [1.165, 1.54) is 17.8 Å². The summed E-state index contributed by atoms with van der Waals surface area (Å²) in [5.74, 6) is -0.437. The number of fused-ring (bicyclic) bond motifs is 1. The van der Waals surface area contributed by atoms with Crippen LogP contribution in [0.1, 0.15) is 21.5 Å². The van der Waals surface area contributed by atoms with Gasteiger partial charge in [0, 0.05) is 10.5 Å². The Morgan fingerprint density at radius 1 is 1.19 bits per heavy atom. The summed E-state index contributed by atoms with van der Waals surface area (Å²) in [4.78, 5) is 36.6. The van der Waals surface area contributed by atoms with Crippen LogP contribution in [0.15, 0.2) is 41.3 Å². The normalized spacial score (nSPS) is 12.6. The fraction of sp³-hybridized carbons (Fsp3) is 0.250. The van der Waals surface area contributed by atoms with Gasteiger partial charge in [-0.3, -0.25) is 14.4 Å². The molecule has 0 radical (unpaired) electrons. The number of hydrogen-bond acceptors (Lipinski definition) is 6. The number of carbonyl (C=O) groups excluding carboxylic acids is 3. The number of ketones is 1. The summed E-state index contributed by atoms with van der Waals surface area (Å²) < 4.78 is 10.3. The number of carbonyl (C=O) groups is 3. The van der Waals surface area contributed by atoms with Gasteiger partial charge in [0.2, 0.25) is 0 Å². The molecule has 0 aromatic heterocycles. The first kappa shape index (κ1) is 19.0. The Bertz CT molecular complexity index is 909. The Labute approximate surface area is 161 Å². The molecule has 0 bridgehead atoms. The summed E-state index contributed by atoms with van der Waals surface area (Å²) in [5.41, 5.74) is 2.99. The van der Waals surface area contributed by atoms with Crippen LogP contribution in [-0.4, -0.2) is 36.6 Å². The summed E-state index contributed by atoms with van der Waals surface area (Å²) in [7, 11) is 0. The van der Waals surface area contributed by atoms with Crippen molar-refractivity contribution in [1.82, 2.24) is 0 Å². The summed E-state index contributed by atoms with van der Waals surface area (Å²) >= 11 is 1.39. The lowest BCUT2D eigenvalue weighted by atomic mass is 10.1. The molecule has 6 nitrogen and oxygen atoms in total. The second-order valence-electron chi connectivity index (χ2n) is 6.19. The summed E-state index contributed by atoms with van der Waals surface area (Å²) in [6.07, 6.45) is 0. The average Bonchev–Trinajstić information content (AvgIpc) is 2.66. The number of anilines is 1. The molecule has 1 aliphatic heterocycles. The van der Waals surface area contributed by atoms with Crippen LogP contribution in [0.25, 0.3) is 0 Å². The minimum absolute atomic E-state index is 0.0456. The van der Waals surface area contributed by atoms with Gasteiger partial charge in [-0.25, -0.2) is 0 Å². The third-order valence-electron chi connectivity index (χ3n) is 3.99. The van der Waals surface area contributed by atoms with Crippen LogP contribution in [0.5, 0.6) is 5.75 Å². The van der Waals surface area contributed by atoms with E-state index in [4.69, 9.17) is 9.47 Å². The zero-order chi connectivity index (χ0) is 19.4. The van der Waals surface area contributed by atoms with E-state index >= 15 is 0 Å². The van der Waals surface area contributed by atoms with Crippen LogP contribution in [0.4, 0.5) is 5.69 Å². The van der Waals surface area contributed by atoms with E-state index in [9.17, 15) is 14.4 Å². The molecule has 0 aliphatic carbocycles. The van der Waals surface area contributed by atoms with E-state index in [-0.39, 0.29) is 30.7 Å². The lowest BCUT2D eigenvalue weighted by molar-refractivity contribution is -0.139. The van der Waals surface area contributed by atoms with Gasteiger partial charge in [-0.2, -0.15) is 0 Å². The minimum Gasteiger partial charge on any atom is -0.482 e. The number of benzene rings is 2. The van der Waals surface area contributed by atoms with E-state index in [1.807, 2.05) is 32.0 Å². The van der Waals surface area contributed by atoms with Gasteiger partial charge in [-0.05, 0) is 43.7 Å². The lowest BCUT2D eigenvalue weighted by Crippen LogP contribution is -2.25. The molecule has 140 valence electrons. The third-order valence-corrected chi connectivity index (χ3v) is 5.12. The van der Waals surface area contributed by atoms with Crippen molar-refractivity contribution in [3.8, 4) is 5.75 Å². The van der Waals surface area contributed by atoms with Gasteiger partial charge < -0.3 is 14.8 Å². The van der Waals surface area contributed by atoms with Crippen LogP contribution in [0.3, 0.4) is 0 Å². The highest BCUT2D eigenvalue weighted by Gasteiger charge is 2.18. The molecule has 2 aromatic carbocycles. The van der Waals surface area contributed by atoms with Gasteiger partial charge in [-0.1, -0.05) is 17.7 Å². The van der Waals surface area contributed by atoms with E-state index < -0.39 is 5.97 Å². The molecule has 0 spiro atoms. The second kappa shape index (κ2) is 8.26. The van der Waals surface area contributed by atoms with Crippen molar-refractivity contribution < 1.29 is 23.9 Å². The number of ether oxygens (including phenoxy) is 2. The van der Waals surface area contributed by atoms with Crippen molar-refractivity contribution in [3.63, 3.8) is 0 Å². The fourth-order valence-corrected chi connectivity index (χ4v) is 3.45. The third kappa shape index (κ3) is 4.89. The van der Waals surface area contributed by atoms with Gasteiger partial charge in [0.1, 0.15) is 5.75 Å². The standard InChI is InChI=1S/C20H19NO5S/c1-12-3-4-13(2)18(7-12)27-11-20(24)26-9-16(22)14-5-6-17-15(8-14)21-19(23)10-25-17/h3-8H,9-11H2,1-2H3,(H,21,23). The zero-order valence-corrected chi connectivity index (χ0v) is 15.9. The predicted molar refractivity (Wildman–Crippen MR) is 102 cm³/mol. The minimum atomic E-state index is -0.455. The maximum absolute atomic E-state index is 12.3.